The lowest BCUT2D eigenvalue weighted by atomic mass is 10.1. The summed E-state index contributed by atoms with van der Waals surface area (Å²) < 4.78 is 0. The van der Waals surface area contributed by atoms with E-state index in [0.717, 1.165) is 4.90 Å². The first-order valence-corrected chi connectivity index (χ1v) is 6.61. The molecule has 0 aliphatic carbocycles. The monoisotopic (exact) mass is 301 g/mol. The summed E-state index contributed by atoms with van der Waals surface area (Å²) in [7, 11) is 0. The van der Waals surface area contributed by atoms with Gasteiger partial charge >= 0.3 is 5.97 Å². The van der Waals surface area contributed by atoms with Crippen LogP contribution >= 0.6 is 0 Å². The highest BCUT2D eigenvalue weighted by Crippen LogP contribution is 2.37. The Kier molecular flexibility index (Phi) is 4.63. The molecule has 0 aliphatic rings. The van der Waals surface area contributed by atoms with E-state index in [4.69, 9.17) is 5.11 Å². The number of carbonyl (C=O) groups excluding carboxylic acids is 1. The molecule has 0 radical (unpaired) electrons. The topological polar surface area (TPSA) is 98.1 Å². The number of phenols is 2. The second-order valence-corrected chi connectivity index (χ2v) is 4.60. The Bertz CT molecular complexity index is 653. The number of anilines is 2. The summed E-state index contributed by atoms with van der Waals surface area (Å²) in [6, 6.07) is 12.3. The van der Waals surface area contributed by atoms with Gasteiger partial charge in [-0.25, -0.2) is 0 Å². The van der Waals surface area contributed by atoms with Gasteiger partial charge in [-0.2, -0.15) is 0 Å². The molecule has 1 amide bonds. The Morgan fingerprint density at radius 2 is 1.27 bits per heavy atom. The van der Waals surface area contributed by atoms with Crippen molar-refractivity contribution in [2.75, 3.05) is 4.90 Å². The number of phenolic OH excluding ortho intramolecular Hbond substituents is 2. The molecule has 0 spiro atoms. The zero-order valence-corrected chi connectivity index (χ0v) is 11.6. The molecular weight excluding hydrogens is 286 g/mol. The fourth-order valence-corrected chi connectivity index (χ4v) is 2.03. The minimum absolute atomic E-state index is 0.144. The van der Waals surface area contributed by atoms with Gasteiger partial charge in [-0.05, 0) is 24.3 Å². The van der Waals surface area contributed by atoms with Gasteiger partial charge in [-0.3, -0.25) is 14.5 Å². The summed E-state index contributed by atoms with van der Waals surface area (Å²) >= 11 is 0. The van der Waals surface area contributed by atoms with E-state index in [1.54, 1.807) is 24.3 Å². The molecule has 6 heteroatoms. The third-order valence-corrected chi connectivity index (χ3v) is 3.05. The van der Waals surface area contributed by atoms with Crippen molar-refractivity contribution >= 4 is 23.3 Å². The smallest absolute Gasteiger partial charge is 0.303 e. The number of carbonyl (C=O) groups is 2. The number of carboxylic acid groups (broad SMARTS) is 1. The Morgan fingerprint density at radius 1 is 0.818 bits per heavy atom. The Balaban J connectivity index is 2.46. The van der Waals surface area contributed by atoms with Crippen molar-refractivity contribution in [3.63, 3.8) is 0 Å². The van der Waals surface area contributed by atoms with Crippen molar-refractivity contribution in [2.24, 2.45) is 0 Å². The molecule has 0 saturated heterocycles. The van der Waals surface area contributed by atoms with Crippen LogP contribution in [-0.2, 0) is 9.59 Å². The highest BCUT2D eigenvalue weighted by molar-refractivity contribution is 6.03. The van der Waals surface area contributed by atoms with Gasteiger partial charge in [-0.1, -0.05) is 24.3 Å². The van der Waals surface area contributed by atoms with Crippen LogP contribution in [0.3, 0.4) is 0 Å². The largest absolute Gasteiger partial charge is 0.506 e. The van der Waals surface area contributed by atoms with Gasteiger partial charge in [-0.15, -0.1) is 0 Å². The Labute approximate surface area is 126 Å². The van der Waals surface area contributed by atoms with Crippen molar-refractivity contribution in [2.45, 2.75) is 12.8 Å². The van der Waals surface area contributed by atoms with Gasteiger partial charge in [0.15, 0.2) is 0 Å². The van der Waals surface area contributed by atoms with E-state index in [2.05, 4.69) is 0 Å². The zero-order valence-electron chi connectivity index (χ0n) is 11.6. The lowest BCUT2D eigenvalue weighted by Gasteiger charge is -2.24. The molecule has 0 bridgehead atoms. The van der Waals surface area contributed by atoms with E-state index >= 15 is 0 Å². The van der Waals surface area contributed by atoms with Crippen LogP contribution in [0.15, 0.2) is 48.5 Å². The minimum atomic E-state index is -1.09. The first-order valence-electron chi connectivity index (χ1n) is 6.61. The molecule has 0 saturated carbocycles. The number of benzene rings is 2. The number of hydrogen-bond donors (Lipinski definition) is 3. The maximum atomic E-state index is 12.4. The van der Waals surface area contributed by atoms with Crippen LogP contribution in [-0.4, -0.2) is 27.2 Å². The quantitative estimate of drug-likeness (QED) is 0.788. The predicted octanol–water partition coefficient (Wildman–Crippen LogP) is 2.63. The first kappa shape index (κ1) is 15.4. The predicted molar refractivity (Wildman–Crippen MR) is 80.2 cm³/mol. The van der Waals surface area contributed by atoms with Gasteiger partial charge in [0.1, 0.15) is 11.5 Å². The highest BCUT2D eigenvalue weighted by Gasteiger charge is 2.23. The fourth-order valence-electron chi connectivity index (χ4n) is 2.03. The molecule has 2 aromatic rings. The van der Waals surface area contributed by atoms with Gasteiger partial charge < -0.3 is 15.3 Å². The zero-order chi connectivity index (χ0) is 16.1. The molecule has 22 heavy (non-hydrogen) atoms. The standard InChI is InChI=1S/C16H15NO5/c18-13-7-3-1-5-11(13)17(15(20)9-10-16(21)22)12-6-2-4-8-14(12)19/h1-8,18-19H,9-10H2,(H,21,22). The molecule has 0 aromatic heterocycles. The Morgan fingerprint density at radius 3 is 1.68 bits per heavy atom. The average molecular weight is 301 g/mol. The number of nitrogens with zero attached hydrogens (tertiary/aromatic N) is 1. The molecular formula is C16H15NO5. The van der Waals surface area contributed by atoms with E-state index in [1.165, 1.54) is 24.3 Å². The van der Waals surface area contributed by atoms with Crippen LogP contribution in [0, 0.1) is 0 Å². The van der Waals surface area contributed by atoms with Crippen molar-refractivity contribution in [1.29, 1.82) is 0 Å². The molecule has 0 atom stereocenters. The minimum Gasteiger partial charge on any atom is -0.506 e. The summed E-state index contributed by atoms with van der Waals surface area (Å²) in [5, 5.41) is 28.7. The van der Waals surface area contributed by atoms with E-state index in [0.29, 0.717) is 0 Å². The van der Waals surface area contributed by atoms with Crippen molar-refractivity contribution in [3.05, 3.63) is 48.5 Å². The molecule has 3 N–H and O–H groups in total. The lowest BCUT2D eigenvalue weighted by molar-refractivity contribution is -0.138. The summed E-state index contributed by atoms with van der Waals surface area (Å²) in [5.74, 6) is -1.92. The summed E-state index contributed by atoms with van der Waals surface area (Å²) in [4.78, 5) is 24.2. The molecule has 114 valence electrons. The number of amides is 1. The summed E-state index contributed by atoms with van der Waals surface area (Å²) in [6.07, 6.45) is -0.589. The molecule has 0 unspecified atom stereocenters. The molecule has 2 rings (SSSR count). The van der Waals surface area contributed by atoms with Gasteiger partial charge in [0.2, 0.25) is 5.91 Å². The van der Waals surface area contributed by atoms with E-state index in [9.17, 15) is 19.8 Å². The average Bonchev–Trinajstić information content (AvgIpc) is 2.49. The van der Waals surface area contributed by atoms with Gasteiger partial charge in [0.05, 0.1) is 17.8 Å². The van der Waals surface area contributed by atoms with Crippen molar-refractivity contribution in [1.82, 2.24) is 0 Å². The highest BCUT2D eigenvalue weighted by atomic mass is 16.4. The molecule has 0 heterocycles. The van der Waals surface area contributed by atoms with Crippen molar-refractivity contribution < 1.29 is 24.9 Å². The fraction of sp³-hybridized carbons (Fsp3) is 0.125. The molecule has 0 fully saturated rings. The number of para-hydroxylation sites is 4. The van der Waals surface area contributed by atoms with E-state index in [-0.39, 0.29) is 35.7 Å². The first-order chi connectivity index (χ1) is 10.5. The summed E-state index contributed by atoms with van der Waals surface area (Å²) in [6.45, 7) is 0. The van der Waals surface area contributed by atoms with E-state index in [1.807, 2.05) is 0 Å². The maximum absolute atomic E-state index is 12.4. The second kappa shape index (κ2) is 6.62. The van der Waals surface area contributed by atoms with Gasteiger partial charge in [0, 0.05) is 6.42 Å². The number of hydrogen-bond acceptors (Lipinski definition) is 4. The lowest BCUT2D eigenvalue weighted by Crippen LogP contribution is -2.26. The summed E-state index contributed by atoms with van der Waals surface area (Å²) in [5.41, 5.74) is 0.360. The normalized spacial score (nSPS) is 10.2. The van der Waals surface area contributed by atoms with Crippen LogP contribution < -0.4 is 4.90 Å². The SMILES string of the molecule is O=C(O)CCC(=O)N(c1ccccc1O)c1ccccc1O. The van der Waals surface area contributed by atoms with Crippen LogP contribution in [0.2, 0.25) is 0 Å². The number of aromatic hydroxyl groups is 2. The molecule has 6 nitrogen and oxygen atoms in total. The van der Waals surface area contributed by atoms with Crippen LogP contribution in [0.4, 0.5) is 11.4 Å². The van der Waals surface area contributed by atoms with Crippen LogP contribution in [0.25, 0.3) is 0 Å². The van der Waals surface area contributed by atoms with Gasteiger partial charge in [0.25, 0.3) is 0 Å². The second-order valence-electron chi connectivity index (χ2n) is 4.60. The van der Waals surface area contributed by atoms with E-state index < -0.39 is 11.9 Å². The third kappa shape index (κ3) is 3.35. The molecule has 0 aliphatic heterocycles. The number of carboxylic acids is 1. The third-order valence-electron chi connectivity index (χ3n) is 3.05. The number of rotatable bonds is 5. The Hall–Kier alpha value is -3.02. The van der Waals surface area contributed by atoms with Crippen LogP contribution in [0.5, 0.6) is 11.5 Å². The number of aliphatic carboxylic acids is 1. The van der Waals surface area contributed by atoms with Crippen molar-refractivity contribution in [3.8, 4) is 11.5 Å². The maximum Gasteiger partial charge on any atom is 0.303 e. The molecule has 2 aromatic carbocycles. The van der Waals surface area contributed by atoms with Crippen LogP contribution in [0.1, 0.15) is 12.8 Å².